The quantitative estimate of drug-likeness (QED) is 0.663. The number of nitrogens with zero attached hydrogens (tertiary/aromatic N) is 3. The monoisotopic (exact) mass is 387 g/mol. The summed E-state index contributed by atoms with van der Waals surface area (Å²) in [5.41, 5.74) is 3.16. The van der Waals surface area contributed by atoms with Crippen LogP contribution in [0.3, 0.4) is 0 Å². The third-order valence-corrected chi connectivity index (χ3v) is 5.19. The van der Waals surface area contributed by atoms with Crippen molar-refractivity contribution in [3.63, 3.8) is 0 Å². The van der Waals surface area contributed by atoms with Crippen molar-refractivity contribution in [2.45, 2.75) is 19.8 Å². The number of para-hydroxylation sites is 1. The minimum atomic E-state index is -0.267. The molecule has 1 fully saturated rings. The Morgan fingerprint density at radius 1 is 0.966 bits per heavy atom. The Labute approximate surface area is 171 Å². The van der Waals surface area contributed by atoms with Gasteiger partial charge in [-0.25, -0.2) is 9.97 Å². The second-order valence-corrected chi connectivity index (χ2v) is 7.43. The largest absolute Gasteiger partial charge is 0.372 e. The summed E-state index contributed by atoms with van der Waals surface area (Å²) in [6.45, 7) is 4.53. The number of hydrogen-bond acceptors (Lipinski definition) is 5. The second-order valence-electron chi connectivity index (χ2n) is 7.43. The molecular formula is C23H25N5O. The predicted molar refractivity (Wildman–Crippen MR) is 117 cm³/mol. The lowest BCUT2D eigenvalue weighted by molar-refractivity contribution is 0.102. The van der Waals surface area contributed by atoms with E-state index in [0.29, 0.717) is 11.6 Å². The molecule has 1 aliphatic rings. The molecule has 0 radical (unpaired) electrons. The van der Waals surface area contributed by atoms with Crippen LogP contribution in [0.2, 0.25) is 0 Å². The van der Waals surface area contributed by atoms with Gasteiger partial charge in [-0.3, -0.25) is 4.79 Å². The summed E-state index contributed by atoms with van der Waals surface area (Å²) in [6, 6.07) is 19.2. The first-order chi connectivity index (χ1) is 14.2. The zero-order chi connectivity index (χ0) is 20.1. The number of aromatic nitrogens is 2. The molecule has 4 rings (SSSR count). The molecule has 148 valence electrons. The molecular weight excluding hydrogens is 362 g/mol. The Hall–Kier alpha value is -3.41. The van der Waals surface area contributed by atoms with E-state index < -0.39 is 0 Å². The number of anilines is 4. The summed E-state index contributed by atoms with van der Waals surface area (Å²) in [6.07, 6.45) is 4.07. The van der Waals surface area contributed by atoms with Gasteiger partial charge in [0.05, 0.1) is 0 Å². The van der Waals surface area contributed by atoms with E-state index in [1.54, 1.807) is 12.3 Å². The highest BCUT2D eigenvalue weighted by Crippen LogP contribution is 2.25. The average Bonchev–Trinajstić information content (AvgIpc) is 2.76. The van der Waals surface area contributed by atoms with E-state index >= 15 is 0 Å². The molecule has 0 bridgehead atoms. The van der Waals surface area contributed by atoms with Crippen molar-refractivity contribution in [2.24, 2.45) is 5.92 Å². The van der Waals surface area contributed by atoms with Crippen LogP contribution in [0, 0.1) is 5.92 Å². The first-order valence-electron chi connectivity index (χ1n) is 9.99. The Balaban J connectivity index is 1.40. The number of piperidine rings is 1. The van der Waals surface area contributed by atoms with Crippen molar-refractivity contribution < 1.29 is 4.79 Å². The molecule has 1 amide bonds. The maximum Gasteiger partial charge on any atom is 0.274 e. The minimum Gasteiger partial charge on any atom is -0.372 e. The summed E-state index contributed by atoms with van der Waals surface area (Å²) in [4.78, 5) is 23.4. The zero-order valence-electron chi connectivity index (χ0n) is 16.5. The number of rotatable bonds is 5. The smallest absolute Gasteiger partial charge is 0.274 e. The number of amides is 1. The standard InChI is InChI=1S/C23H25N5O/c1-17-12-15-28(16-13-17)20-9-7-19(8-10-20)26-23-24-14-11-21(27-23)22(29)25-18-5-3-2-4-6-18/h2-11,14,17H,12-13,15-16H2,1H3,(H,25,29)(H,24,26,27). The molecule has 0 spiro atoms. The summed E-state index contributed by atoms with van der Waals surface area (Å²) in [5.74, 6) is 0.942. The van der Waals surface area contributed by atoms with Crippen molar-refractivity contribution >= 4 is 28.9 Å². The van der Waals surface area contributed by atoms with Gasteiger partial charge >= 0.3 is 0 Å². The Kier molecular flexibility index (Phi) is 5.70. The fourth-order valence-electron chi connectivity index (χ4n) is 3.41. The number of benzene rings is 2. The molecule has 0 atom stereocenters. The molecule has 2 aromatic carbocycles. The van der Waals surface area contributed by atoms with E-state index in [-0.39, 0.29) is 5.91 Å². The van der Waals surface area contributed by atoms with Gasteiger partial charge in [-0.1, -0.05) is 25.1 Å². The van der Waals surface area contributed by atoms with Crippen LogP contribution in [0.1, 0.15) is 30.3 Å². The molecule has 0 aliphatic carbocycles. The highest BCUT2D eigenvalue weighted by atomic mass is 16.1. The van der Waals surface area contributed by atoms with E-state index in [1.807, 2.05) is 42.5 Å². The van der Waals surface area contributed by atoms with E-state index in [2.05, 4.69) is 44.6 Å². The molecule has 0 saturated carbocycles. The van der Waals surface area contributed by atoms with Crippen molar-refractivity contribution in [3.8, 4) is 0 Å². The van der Waals surface area contributed by atoms with E-state index in [9.17, 15) is 4.79 Å². The number of hydrogen-bond donors (Lipinski definition) is 2. The van der Waals surface area contributed by atoms with Crippen LogP contribution < -0.4 is 15.5 Å². The van der Waals surface area contributed by atoms with Gasteiger partial charge in [0.15, 0.2) is 0 Å². The molecule has 1 aromatic heterocycles. The topological polar surface area (TPSA) is 70.2 Å². The van der Waals surface area contributed by atoms with E-state index in [0.717, 1.165) is 30.4 Å². The number of nitrogens with one attached hydrogen (secondary N) is 2. The molecule has 6 nitrogen and oxygen atoms in total. The number of carbonyl (C=O) groups excluding carboxylic acids is 1. The van der Waals surface area contributed by atoms with Crippen molar-refractivity contribution in [3.05, 3.63) is 72.6 Å². The van der Waals surface area contributed by atoms with Gasteiger partial charge in [0.1, 0.15) is 5.69 Å². The Morgan fingerprint density at radius 3 is 2.41 bits per heavy atom. The van der Waals surface area contributed by atoms with Crippen LogP contribution in [-0.4, -0.2) is 29.0 Å². The summed E-state index contributed by atoms with van der Waals surface area (Å²) in [7, 11) is 0. The molecule has 2 N–H and O–H groups in total. The van der Waals surface area contributed by atoms with Crippen LogP contribution in [-0.2, 0) is 0 Å². The minimum absolute atomic E-state index is 0.267. The van der Waals surface area contributed by atoms with Gasteiger partial charge < -0.3 is 15.5 Å². The van der Waals surface area contributed by atoms with Gasteiger partial charge in [-0.2, -0.15) is 0 Å². The van der Waals surface area contributed by atoms with Crippen LogP contribution in [0.5, 0.6) is 0 Å². The third-order valence-electron chi connectivity index (χ3n) is 5.19. The highest BCUT2D eigenvalue weighted by Gasteiger charge is 2.16. The molecule has 1 aliphatic heterocycles. The van der Waals surface area contributed by atoms with Gasteiger partial charge in [0, 0.05) is 36.3 Å². The highest BCUT2D eigenvalue weighted by molar-refractivity contribution is 6.02. The summed E-state index contributed by atoms with van der Waals surface area (Å²) >= 11 is 0. The first kappa shape index (κ1) is 18.9. The molecule has 29 heavy (non-hydrogen) atoms. The molecule has 1 saturated heterocycles. The lowest BCUT2D eigenvalue weighted by Crippen LogP contribution is -2.32. The lowest BCUT2D eigenvalue weighted by Gasteiger charge is -2.32. The van der Waals surface area contributed by atoms with Crippen molar-refractivity contribution in [1.82, 2.24) is 9.97 Å². The normalized spacial score (nSPS) is 14.4. The van der Waals surface area contributed by atoms with Gasteiger partial charge in [0.25, 0.3) is 5.91 Å². The van der Waals surface area contributed by atoms with Gasteiger partial charge in [-0.05, 0) is 61.2 Å². The van der Waals surface area contributed by atoms with Crippen LogP contribution in [0.15, 0.2) is 66.9 Å². The van der Waals surface area contributed by atoms with Crippen molar-refractivity contribution in [1.29, 1.82) is 0 Å². The maximum absolute atomic E-state index is 12.4. The van der Waals surface area contributed by atoms with Crippen molar-refractivity contribution in [2.75, 3.05) is 28.6 Å². The molecule has 0 unspecified atom stereocenters. The van der Waals surface area contributed by atoms with Crippen LogP contribution in [0.4, 0.5) is 23.0 Å². The maximum atomic E-state index is 12.4. The Bertz CT molecular complexity index is 951. The summed E-state index contributed by atoms with van der Waals surface area (Å²) < 4.78 is 0. The first-order valence-corrected chi connectivity index (χ1v) is 9.99. The average molecular weight is 387 g/mol. The van der Waals surface area contributed by atoms with Crippen LogP contribution in [0.25, 0.3) is 0 Å². The number of carbonyl (C=O) groups is 1. The predicted octanol–water partition coefficient (Wildman–Crippen LogP) is 4.71. The van der Waals surface area contributed by atoms with E-state index in [4.69, 9.17) is 0 Å². The van der Waals surface area contributed by atoms with Gasteiger partial charge in [-0.15, -0.1) is 0 Å². The fourth-order valence-corrected chi connectivity index (χ4v) is 3.41. The summed E-state index contributed by atoms with van der Waals surface area (Å²) in [5, 5.41) is 6.01. The Morgan fingerprint density at radius 2 is 1.69 bits per heavy atom. The fraction of sp³-hybridized carbons (Fsp3) is 0.261. The van der Waals surface area contributed by atoms with Gasteiger partial charge in [0.2, 0.25) is 5.95 Å². The molecule has 3 aromatic rings. The SMILES string of the molecule is CC1CCN(c2ccc(Nc3nccc(C(=O)Nc4ccccc4)n3)cc2)CC1. The van der Waals surface area contributed by atoms with Crippen LogP contribution >= 0.6 is 0 Å². The second kappa shape index (κ2) is 8.73. The molecule has 6 heteroatoms. The lowest BCUT2D eigenvalue weighted by atomic mass is 9.99. The molecule has 2 heterocycles. The zero-order valence-corrected chi connectivity index (χ0v) is 16.5. The van der Waals surface area contributed by atoms with E-state index in [1.165, 1.54) is 18.5 Å². The third kappa shape index (κ3) is 4.90.